The van der Waals surface area contributed by atoms with E-state index in [9.17, 15) is 4.79 Å². The highest BCUT2D eigenvalue weighted by atomic mass is 16.5. The summed E-state index contributed by atoms with van der Waals surface area (Å²) in [7, 11) is 0. The Morgan fingerprint density at radius 1 is 1.29 bits per heavy atom. The first-order valence-electron chi connectivity index (χ1n) is 5.70. The van der Waals surface area contributed by atoms with Gasteiger partial charge in [0.2, 0.25) is 5.91 Å². The molecule has 0 aliphatic rings. The Balaban J connectivity index is 2.65. The molecule has 94 valence electrons. The van der Waals surface area contributed by atoms with Crippen LogP contribution in [-0.2, 0) is 9.53 Å². The number of carbonyl (C=O) groups is 1. The van der Waals surface area contributed by atoms with Crippen LogP contribution >= 0.6 is 0 Å². The lowest BCUT2D eigenvalue weighted by Crippen LogP contribution is -2.21. The van der Waals surface area contributed by atoms with Crippen molar-refractivity contribution < 1.29 is 9.53 Å². The highest BCUT2D eigenvalue weighted by Crippen LogP contribution is 2.21. The number of nitrogens with two attached hydrogens (primary N) is 1. The maximum Gasteiger partial charge on any atom is 0.250 e. The number of ether oxygens (including phenoxy) is 1. The Hall–Kier alpha value is -1.39. The third-order valence-corrected chi connectivity index (χ3v) is 2.44. The van der Waals surface area contributed by atoms with Crippen LogP contribution in [0.1, 0.15) is 16.7 Å². The zero-order valence-corrected chi connectivity index (χ0v) is 10.7. The standard InChI is InChI=1S/C13H20N2O2/c1-9-6-10(2)13(11(3)7-9)15-12(16)8-17-5-4-14/h6-7H,4-5,8,14H2,1-3H3,(H,15,16). The van der Waals surface area contributed by atoms with Crippen LogP contribution in [0.3, 0.4) is 0 Å². The SMILES string of the molecule is Cc1cc(C)c(NC(=O)COCCN)c(C)c1. The molecule has 0 radical (unpaired) electrons. The molecule has 0 aliphatic heterocycles. The van der Waals surface area contributed by atoms with Crippen LogP contribution in [-0.4, -0.2) is 25.7 Å². The number of aryl methyl sites for hydroxylation is 3. The van der Waals surface area contributed by atoms with Gasteiger partial charge < -0.3 is 15.8 Å². The van der Waals surface area contributed by atoms with Crippen molar-refractivity contribution in [2.75, 3.05) is 25.1 Å². The lowest BCUT2D eigenvalue weighted by molar-refractivity contribution is -0.120. The van der Waals surface area contributed by atoms with Crippen LogP contribution < -0.4 is 11.1 Å². The molecule has 0 aliphatic carbocycles. The summed E-state index contributed by atoms with van der Waals surface area (Å²) < 4.78 is 5.08. The lowest BCUT2D eigenvalue weighted by Gasteiger charge is -2.12. The van der Waals surface area contributed by atoms with E-state index in [-0.39, 0.29) is 12.5 Å². The van der Waals surface area contributed by atoms with E-state index in [2.05, 4.69) is 5.32 Å². The van der Waals surface area contributed by atoms with E-state index in [0.717, 1.165) is 16.8 Å². The first kappa shape index (κ1) is 13.7. The molecule has 0 bridgehead atoms. The van der Waals surface area contributed by atoms with Crippen LogP contribution in [0.2, 0.25) is 0 Å². The largest absolute Gasteiger partial charge is 0.370 e. The molecule has 0 heterocycles. The fourth-order valence-corrected chi connectivity index (χ4v) is 1.80. The van der Waals surface area contributed by atoms with Crippen LogP contribution in [0, 0.1) is 20.8 Å². The van der Waals surface area contributed by atoms with E-state index < -0.39 is 0 Å². The van der Waals surface area contributed by atoms with E-state index >= 15 is 0 Å². The molecule has 1 aromatic rings. The molecule has 0 fully saturated rings. The summed E-state index contributed by atoms with van der Waals surface area (Å²) in [6.45, 7) is 6.88. The first-order chi connectivity index (χ1) is 8.04. The maximum atomic E-state index is 11.6. The molecule has 4 nitrogen and oxygen atoms in total. The molecular formula is C13H20N2O2. The Kier molecular flexibility index (Phi) is 5.12. The van der Waals surface area contributed by atoms with Crippen LogP contribution in [0.5, 0.6) is 0 Å². The number of nitrogens with one attached hydrogen (secondary N) is 1. The van der Waals surface area contributed by atoms with Gasteiger partial charge in [-0.15, -0.1) is 0 Å². The monoisotopic (exact) mass is 236 g/mol. The molecule has 0 atom stereocenters. The smallest absolute Gasteiger partial charge is 0.250 e. The van der Waals surface area contributed by atoms with Crippen molar-refractivity contribution in [1.82, 2.24) is 0 Å². The zero-order valence-electron chi connectivity index (χ0n) is 10.7. The van der Waals surface area contributed by atoms with Crippen LogP contribution in [0.4, 0.5) is 5.69 Å². The summed E-state index contributed by atoms with van der Waals surface area (Å²) in [5, 5.41) is 2.86. The number of anilines is 1. The molecule has 0 spiro atoms. The second-order valence-electron chi connectivity index (χ2n) is 4.16. The average molecular weight is 236 g/mol. The Bertz CT molecular complexity index is 379. The third-order valence-electron chi connectivity index (χ3n) is 2.44. The molecular weight excluding hydrogens is 216 g/mol. The normalized spacial score (nSPS) is 10.4. The van der Waals surface area contributed by atoms with E-state index in [0.29, 0.717) is 13.2 Å². The lowest BCUT2D eigenvalue weighted by atomic mass is 10.1. The fourth-order valence-electron chi connectivity index (χ4n) is 1.80. The minimum atomic E-state index is -0.145. The number of benzene rings is 1. The first-order valence-corrected chi connectivity index (χ1v) is 5.70. The number of carbonyl (C=O) groups excluding carboxylic acids is 1. The van der Waals surface area contributed by atoms with Crippen LogP contribution in [0.25, 0.3) is 0 Å². The summed E-state index contributed by atoms with van der Waals surface area (Å²) in [5.74, 6) is -0.145. The second-order valence-corrected chi connectivity index (χ2v) is 4.16. The van der Waals surface area contributed by atoms with Gasteiger partial charge in [-0.05, 0) is 31.9 Å². The Morgan fingerprint density at radius 3 is 2.41 bits per heavy atom. The average Bonchev–Trinajstić information content (AvgIpc) is 2.24. The van der Waals surface area contributed by atoms with Crippen molar-refractivity contribution >= 4 is 11.6 Å². The van der Waals surface area contributed by atoms with E-state index in [4.69, 9.17) is 10.5 Å². The van der Waals surface area contributed by atoms with Crippen molar-refractivity contribution in [2.24, 2.45) is 5.73 Å². The minimum absolute atomic E-state index is 0.0456. The van der Waals surface area contributed by atoms with Crippen molar-refractivity contribution in [3.63, 3.8) is 0 Å². The van der Waals surface area contributed by atoms with Crippen LogP contribution in [0.15, 0.2) is 12.1 Å². The predicted molar refractivity (Wildman–Crippen MR) is 69.2 cm³/mol. The third kappa shape index (κ3) is 4.17. The van der Waals surface area contributed by atoms with Gasteiger partial charge in [-0.3, -0.25) is 4.79 Å². The molecule has 0 saturated heterocycles. The highest BCUT2D eigenvalue weighted by molar-refractivity contribution is 5.93. The van der Waals surface area contributed by atoms with Gasteiger partial charge in [0.1, 0.15) is 6.61 Å². The molecule has 1 aromatic carbocycles. The number of hydrogen-bond acceptors (Lipinski definition) is 3. The van der Waals surface area contributed by atoms with Gasteiger partial charge in [-0.1, -0.05) is 17.7 Å². The van der Waals surface area contributed by atoms with Gasteiger partial charge >= 0.3 is 0 Å². The predicted octanol–water partition coefficient (Wildman–Crippen LogP) is 1.53. The highest BCUT2D eigenvalue weighted by Gasteiger charge is 2.07. The molecule has 0 saturated carbocycles. The summed E-state index contributed by atoms with van der Waals surface area (Å²) in [5.41, 5.74) is 9.47. The van der Waals surface area contributed by atoms with Crippen molar-refractivity contribution in [1.29, 1.82) is 0 Å². The molecule has 1 rings (SSSR count). The van der Waals surface area contributed by atoms with Gasteiger partial charge in [0.25, 0.3) is 0 Å². The van der Waals surface area contributed by atoms with E-state index in [1.807, 2.05) is 32.9 Å². The summed E-state index contributed by atoms with van der Waals surface area (Å²) in [6, 6.07) is 4.09. The van der Waals surface area contributed by atoms with Gasteiger partial charge in [-0.2, -0.15) is 0 Å². The molecule has 17 heavy (non-hydrogen) atoms. The van der Waals surface area contributed by atoms with Gasteiger partial charge in [-0.25, -0.2) is 0 Å². The van der Waals surface area contributed by atoms with E-state index in [1.165, 1.54) is 5.56 Å². The van der Waals surface area contributed by atoms with Crippen molar-refractivity contribution in [3.05, 3.63) is 28.8 Å². The minimum Gasteiger partial charge on any atom is -0.370 e. The number of hydrogen-bond donors (Lipinski definition) is 2. The van der Waals surface area contributed by atoms with Gasteiger partial charge in [0, 0.05) is 12.2 Å². The zero-order chi connectivity index (χ0) is 12.8. The molecule has 0 unspecified atom stereocenters. The van der Waals surface area contributed by atoms with Crippen molar-refractivity contribution in [3.8, 4) is 0 Å². The molecule has 0 aromatic heterocycles. The second kappa shape index (κ2) is 6.37. The fraction of sp³-hybridized carbons (Fsp3) is 0.462. The molecule has 4 heteroatoms. The van der Waals surface area contributed by atoms with Gasteiger partial charge in [0.05, 0.1) is 6.61 Å². The van der Waals surface area contributed by atoms with Gasteiger partial charge in [0.15, 0.2) is 0 Å². The van der Waals surface area contributed by atoms with E-state index in [1.54, 1.807) is 0 Å². The molecule has 1 amide bonds. The number of amides is 1. The van der Waals surface area contributed by atoms with Crippen molar-refractivity contribution in [2.45, 2.75) is 20.8 Å². The molecule has 3 N–H and O–H groups in total. The number of rotatable bonds is 5. The summed E-state index contributed by atoms with van der Waals surface area (Å²) in [4.78, 5) is 11.6. The topological polar surface area (TPSA) is 64.3 Å². The maximum absolute atomic E-state index is 11.6. The summed E-state index contributed by atoms with van der Waals surface area (Å²) >= 11 is 0. The Labute approximate surface area is 102 Å². The Morgan fingerprint density at radius 2 is 1.88 bits per heavy atom. The summed E-state index contributed by atoms with van der Waals surface area (Å²) in [6.07, 6.45) is 0. The quantitative estimate of drug-likeness (QED) is 0.762.